The molecule has 172 valence electrons. The third-order valence-electron chi connectivity index (χ3n) is 5.91. The Bertz CT molecular complexity index is 879. The molecule has 1 aliphatic rings. The highest BCUT2D eigenvalue weighted by molar-refractivity contribution is 6.99. The van der Waals surface area contributed by atoms with E-state index in [0.29, 0.717) is 13.0 Å². The number of benzene rings is 2. The minimum Gasteiger partial charge on any atom is -0.444 e. The van der Waals surface area contributed by atoms with Gasteiger partial charge in [0.25, 0.3) is 8.32 Å². The van der Waals surface area contributed by atoms with Crippen LogP contribution in [-0.2, 0) is 14.0 Å². The Labute approximate surface area is 192 Å². The SMILES string of the molecule is CC(C)(C)OC(=O)N1CC[C@H](O[Si](c2ccccc2)(c2ccccc2)C(C)(C)C)[C@H]1C=O. The second-order valence-electron chi connectivity index (χ2n) is 10.4. The van der Waals surface area contributed by atoms with Gasteiger partial charge in [-0.3, -0.25) is 4.90 Å². The van der Waals surface area contributed by atoms with Crippen LogP contribution in [0, 0.1) is 0 Å². The maximum Gasteiger partial charge on any atom is 0.410 e. The van der Waals surface area contributed by atoms with E-state index < -0.39 is 32.2 Å². The Morgan fingerprint density at radius 2 is 1.44 bits per heavy atom. The minimum absolute atomic E-state index is 0.206. The van der Waals surface area contributed by atoms with E-state index >= 15 is 0 Å². The van der Waals surface area contributed by atoms with Crippen molar-refractivity contribution in [3.63, 3.8) is 0 Å². The predicted molar refractivity (Wildman–Crippen MR) is 130 cm³/mol. The van der Waals surface area contributed by atoms with Crippen molar-refractivity contribution in [1.29, 1.82) is 0 Å². The monoisotopic (exact) mass is 453 g/mol. The molecule has 2 aromatic carbocycles. The van der Waals surface area contributed by atoms with Gasteiger partial charge >= 0.3 is 6.09 Å². The number of ether oxygens (including phenoxy) is 1. The fourth-order valence-electron chi connectivity index (χ4n) is 4.53. The first kappa shape index (κ1) is 24.2. The number of rotatable bonds is 5. The fraction of sp³-hybridized carbons (Fsp3) is 0.462. The van der Waals surface area contributed by atoms with Gasteiger partial charge < -0.3 is 14.0 Å². The van der Waals surface area contributed by atoms with Gasteiger partial charge in [-0.05, 0) is 42.6 Å². The van der Waals surface area contributed by atoms with Gasteiger partial charge in [0, 0.05) is 6.54 Å². The molecule has 0 saturated carbocycles. The van der Waals surface area contributed by atoms with Gasteiger partial charge in [-0.15, -0.1) is 0 Å². The zero-order valence-corrected chi connectivity index (χ0v) is 21.0. The number of nitrogens with zero attached hydrogens (tertiary/aromatic N) is 1. The zero-order chi connectivity index (χ0) is 23.6. The molecule has 1 amide bonds. The van der Waals surface area contributed by atoms with Crippen LogP contribution in [0.25, 0.3) is 0 Å². The van der Waals surface area contributed by atoms with Gasteiger partial charge in [-0.25, -0.2) is 4.79 Å². The van der Waals surface area contributed by atoms with E-state index in [9.17, 15) is 9.59 Å². The first-order valence-electron chi connectivity index (χ1n) is 11.2. The van der Waals surface area contributed by atoms with Crippen LogP contribution in [-0.4, -0.2) is 49.9 Å². The quantitative estimate of drug-likeness (QED) is 0.504. The Balaban J connectivity index is 2.04. The molecule has 0 aliphatic carbocycles. The van der Waals surface area contributed by atoms with Crippen molar-refractivity contribution in [2.75, 3.05) is 6.54 Å². The number of amides is 1. The molecule has 2 atom stereocenters. The highest BCUT2D eigenvalue weighted by Crippen LogP contribution is 2.39. The average molecular weight is 454 g/mol. The van der Waals surface area contributed by atoms with Gasteiger partial charge in [0.15, 0.2) is 0 Å². The first-order chi connectivity index (χ1) is 15.0. The summed E-state index contributed by atoms with van der Waals surface area (Å²) in [6, 6.07) is 20.0. The highest BCUT2D eigenvalue weighted by Gasteiger charge is 2.54. The van der Waals surface area contributed by atoms with E-state index in [1.807, 2.05) is 57.2 Å². The van der Waals surface area contributed by atoms with Crippen molar-refractivity contribution in [3.05, 3.63) is 60.7 Å². The fourth-order valence-corrected chi connectivity index (χ4v) is 9.25. The first-order valence-corrected chi connectivity index (χ1v) is 13.1. The molecule has 1 aliphatic heterocycles. The summed E-state index contributed by atoms with van der Waals surface area (Å²) in [5, 5.41) is 2.10. The summed E-state index contributed by atoms with van der Waals surface area (Å²) in [5.74, 6) is 0. The molecule has 6 heteroatoms. The molecule has 3 rings (SSSR count). The molecular formula is C26H35NO4Si. The molecule has 0 aromatic heterocycles. The second kappa shape index (κ2) is 9.20. The molecule has 1 fully saturated rings. The number of hydrogen-bond acceptors (Lipinski definition) is 4. The summed E-state index contributed by atoms with van der Waals surface area (Å²) in [6.45, 7) is 12.5. The molecule has 0 radical (unpaired) electrons. The van der Waals surface area contributed by atoms with Gasteiger partial charge in [0.2, 0.25) is 0 Å². The maximum absolute atomic E-state index is 12.8. The lowest BCUT2D eigenvalue weighted by molar-refractivity contribution is -0.113. The van der Waals surface area contributed by atoms with E-state index in [1.54, 1.807) is 0 Å². The largest absolute Gasteiger partial charge is 0.444 e. The Kier molecular flexibility index (Phi) is 6.96. The maximum atomic E-state index is 12.8. The smallest absolute Gasteiger partial charge is 0.410 e. The Morgan fingerprint density at radius 1 is 0.938 bits per heavy atom. The molecule has 0 spiro atoms. The standard InChI is InChI=1S/C26H35NO4Si/c1-25(2,3)30-24(29)27-18-17-23(22(27)19-28)31-32(26(4,5)6,20-13-9-7-10-14-20)21-15-11-8-12-16-21/h7-16,19,22-23H,17-18H2,1-6H3/t22-,23+/m1/s1. The number of likely N-dealkylation sites (tertiary alicyclic amines) is 1. The molecule has 1 saturated heterocycles. The van der Waals surface area contributed by atoms with E-state index in [-0.39, 0.29) is 5.04 Å². The Morgan fingerprint density at radius 3 is 1.84 bits per heavy atom. The number of carbonyl (C=O) groups is 2. The predicted octanol–water partition coefficient (Wildman–Crippen LogP) is 4.14. The van der Waals surface area contributed by atoms with Crippen LogP contribution in [0.2, 0.25) is 5.04 Å². The number of hydrogen-bond donors (Lipinski definition) is 0. The van der Waals surface area contributed by atoms with Crippen LogP contribution in [0.15, 0.2) is 60.7 Å². The van der Waals surface area contributed by atoms with Gasteiger partial charge in [0.05, 0.1) is 6.10 Å². The molecule has 0 unspecified atom stereocenters. The van der Waals surface area contributed by atoms with E-state index in [1.165, 1.54) is 4.90 Å². The van der Waals surface area contributed by atoms with Crippen molar-refractivity contribution in [1.82, 2.24) is 4.90 Å². The summed E-state index contributed by atoms with van der Waals surface area (Å²) in [6.07, 6.45) is 0.557. The number of carbonyl (C=O) groups excluding carboxylic acids is 2. The molecule has 5 nitrogen and oxygen atoms in total. The van der Waals surface area contributed by atoms with Crippen LogP contribution in [0.3, 0.4) is 0 Å². The Hall–Kier alpha value is -2.44. The second-order valence-corrected chi connectivity index (χ2v) is 14.7. The van der Waals surface area contributed by atoms with Crippen molar-refractivity contribution >= 4 is 31.1 Å². The van der Waals surface area contributed by atoms with Gasteiger partial charge in [-0.2, -0.15) is 0 Å². The van der Waals surface area contributed by atoms with Crippen molar-refractivity contribution in [3.8, 4) is 0 Å². The van der Waals surface area contributed by atoms with Crippen molar-refractivity contribution < 1.29 is 18.8 Å². The molecule has 1 heterocycles. The molecule has 0 bridgehead atoms. The van der Waals surface area contributed by atoms with Crippen molar-refractivity contribution in [2.45, 2.75) is 70.7 Å². The third-order valence-corrected chi connectivity index (χ3v) is 11.0. The molecule has 2 aromatic rings. The van der Waals surface area contributed by atoms with Crippen LogP contribution < -0.4 is 10.4 Å². The lowest BCUT2D eigenvalue weighted by atomic mass is 10.2. The summed E-state index contributed by atoms with van der Waals surface area (Å²) in [4.78, 5) is 26.5. The zero-order valence-electron chi connectivity index (χ0n) is 20.0. The minimum atomic E-state index is -2.82. The molecule has 32 heavy (non-hydrogen) atoms. The van der Waals surface area contributed by atoms with Crippen LogP contribution in [0.4, 0.5) is 4.79 Å². The van der Waals surface area contributed by atoms with Crippen LogP contribution in [0.1, 0.15) is 48.0 Å². The van der Waals surface area contributed by atoms with Crippen LogP contribution >= 0.6 is 0 Å². The lowest BCUT2D eigenvalue weighted by Gasteiger charge is -2.45. The summed E-state index contributed by atoms with van der Waals surface area (Å²) < 4.78 is 12.7. The average Bonchev–Trinajstić information content (AvgIpc) is 3.14. The highest BCUT2D eigenvalue weighted by atomic mass is 28.4. The van der Waals surface area contributed by atoms with Crippen LogP contribution in [0.5, 0.6) is 0 Å². The summed E-state index contributed by atoms with van der Waals surface area (Å²) in [7, 11) is -2.82. The summed E-state index contributed by atoms with van der Waals surface area (Å²) in [5.41, 5.74) is -0.624. The van der Waals surface area contributed by atoms with E-state index in [4.69, 9.17) is 9.16 Å². The summed E-state index contributed by atoms with van der Waals surface area (Å²) >= 11 is 0. The number of aldehydes is 1. The molecular weight excluding hydrogens is 418 g/mol. The van der Waals surface area contributed by atoms with Gasteiger partial charge in [-0.1, -0.05) is 81.4 Å². The topological polar surface area (TPSA) is 55.8 Å². The molecule has 0 N–H and O–H groups in total. The third kappa shape index (κ3) is 4.81. The van der Waals surface area contributed by atoms with E-state index in [0.717, 1.165) is 16.7 Å². The lowest BCUT2D eigenvalue weighted by Crippen LogP contribution is -2.68. The van der Waals surface area contributed by atoms with E-state index in [2.05, 4.69) is 45.0 Å². The normalized spacial score (nSPS) is 19.6. The van der Waals surface area contributed by atoms with Crippen molar-refractivity contribution in [2.24, 2.45) is 0 Å². The van der Waals surface area contributed by atoms with Gasteiger partial charge in [0.1, 0.15) is 17.9 Å².